The van der Waals surface area contributed by atoms with Crippen LogP contribution in [0.1, 0.15) is 43.9 Å². The highest BCUT2D eigenvalue weighted by molar-refractivity contribution is 5.85. The third-order valence-corrected chi connectivity index (χ3v) is 5.01. The number of aromatic amines is 1. The number of amides is 1. The van der Waals surface area contributed by atoms with Crippen molar-refractivity contribution in [3.8, 4) is 0 Å². The quantitative estimate of drug-likeness (QED) is 0.815. The molecule has 3 rings (SSSR count). The molecule has 1 amide bonds. The van der Waals surface area contributed by atoms with E-state index in [0.29, 0.717) is 43.8 Å². The maximum Gasteiger partial charge on any atom is 0.223 e. The molecule has 2 unspecified atom stereocenters. The van der Waals surface area contributed by atoms with Crippen molar-refractivity contribution in [2.24, 2.45) is 11.8 Å². The molecule has 2 fully saturated rings. The predicted octanol–water partition coefficient (Wildman–Crippen LogP) is 1.88. The highest BCUT2D eigenvalue weighted by atomic mass is 35.5. The van der Waals surface area contributed by atoms with Crippen LogP contribution in [0, 0.1) is 18.8 Å². The molecule has 9 heteroatoms. The molecule has 0 bridgehead atoms. The first kappa shape index (κ1) is 22.2. The molecule has 0 saturated carbocycles. The molecule has 2 atom stereocenters. The second-order valence-corrected chi connectivity index (χ2v) is 6.75. The van der Waals surface area contributed by atoms with Gasteiger partial charge in [0.15, 0.2) is 5.82 Å². The Bertz CT molecular complexity index is 536. The summed E-state index contributed by atoms with van der Waals surface area (Å²) in [6.45, 7) is 7.99. The monoisotopic (exact) mass is 393 g/mol. The lowest BCUT2D eigenvalue weighted by atomic mass is 9.84. The van der Waals surface area contributed by atoms with Crippen molar-refractivity contribution >= 4 is 30.7 Å². The Balaban J connectivity index is 0.00000156. The van der Waals surface area contributed by atoms with Gasteiger partial charge in [0.25, 0.3) is 0 Å². The Morgan fingerprint density at radius 1 is 1.36 bits per heavy atom. The Kier molecular flexibility index (Phi) is 9.13. The average Bonchev–Trinajstić information content (AvgIpc) is 3.02. The fourth-order valence-electron chi connectivity index (χ4n) is 3.52. The smallest absolute Gasteiger partial charge is 0.223 e. The van der Waals surface area contributed by atoms with Crippen LogP contribution >= 0.6 is 24.8 Å². The average molecular weight is 394 g/mol. The van der Waals surface area contributed by atoms with Crippen LogP contribution in [0.4, 0.5) is 0 Å². The van der Waals surface area contributed by atoms with Gasteiger partial charge in [0, 0.05) is 13.0 Å². The maximum absolute atomic E-state index is 12.6. The summed E-state index contributed by atoms with van der Waals surface area (Å²) in [5, 5.41) is 10.4. The minimum Gasteiger partial charge on any atom is -0.366 e. The second kappa shape index (κ2) is 10.3. The van der Waals surface area contributed by atoms with Crippen LogP contribution in [-0.4, -0.2) is 58.8 Å². The number of morpholine rings is 1. The molecule has 2 aliphatic heterocycles. The lowest BCUT2D eigenvalue weighted by Gasteiger charge is -2.34. The van der Waals surface area contributed by atoms with E-state index < -0.39 is 0 Å². The van der Waals surface area contributed by atoms with Crippen LogP contribution in [0.3, 0.4) is 0 Å². The SMILES string of the molecule is Cc1nc(C2CN(C(=O)CC(C)C3CCNCC3)CCO2)n[nH]1.Cl.Cl. The summed E-state index contributed by atoms with van der Waals surface area (Å²) in [5.41, 5.74) is 0. The van der Waals surface area contributed by atoms with Gasteiger partial charge >= 0.3 is 0 Å². The van der Waals surface area contributed by atoms with Gasteiger partial charge in [0.05, 0.1) is 13.2 Å². The van der Waals surface area contributed by atoms with Crippen LogP contribution in [0.5, 0.6) is 0 Å². The van der Waals surface area contributed by atoms with E-state index in [1.165, 1.54) is 12.8 Å². The van der Waals surface area contributed by atoms with Crippen molar-refractivity contribution in [1.29, 1.82) is 0 Å². The van der Waals surface area contributed by atoms with Crippen molar-refractivity contribution < 1.29 is 9.53 Å². The fourth-order valence-corrected chi connectivity index (χ4v) is 3.52. The molecular formula is C16H29Cl2N5O2. The van der Waals surface area contributed by atoms with E-state index in [1.807, 2.05) is 11.8 Å². The van der Waals surface area contributed by atoms with Crippen molar-refractivity contribution in [2.45, 2.75) is 39.2 Å². The molecule has 0 radical (unpaired) electrons. The first-order valence-corrected chi connectivity index (χ1v) is 8.62. The van der Waals surface area contributed by atoms with Crippen LogP contribution in [0.15, 0.2) is 0 Å². The predicted molar refractivity (Wildman–Crippen MR) is 100 cm³/mol. The van der Waals surface area contributed by atoms with Gasteiger partial charge in [0.2, 0.25) is 5.91 Å². The summed E-state index contributed by atoms with van der Waals surface area (Å²) in [5.74, 6) is 2.75. The van der Waals surface area contributed by atoms with E-state index in [-0.39, 0.29) is 36.8 Å². The summed E-state index contributed by atoms with van der Waals surface area (Å²) in [6.07, 6.45) is 2.77. The van der Waals surface area contributed by atoms with E-state index in [2.05, 4.69) is 27.4 Å². The number of H-pyrrole nitrogens is 1. The lowest BCUT2D eigenvalue weighted by molar-refractivity contribution is -0.140. The summed E-state index contributed by atoms with van der Waals surface area (Å²) in [6, 6.07) is 0. The third-order valence-electron chi connectivity index (χ3n) is 5.01. The van der Waals surface area contributed by atoms with E-state index >= 15 is 0 Å². The van der Waals surface area contributed by atoms with Crippen LogP contribution in [0.2, 0.25) is 0 Å². The molecule has 0 spiro atoms. The standard InChI is InChI=1S/C16H27N5O2.2ClH/c1-11(13-3-5-17-6-4-13)9-15(22)21-7-8-23-14(10-21)16-18-12(2)19-20-16;;/h11,13-14,17H,3-10H2,1-2H3,(H,18,19,20);2*1H. The summed E-state index contributed by atoms with van der Waals surface area (Å²) in [7, 11) is 0. The largest absolute Gasteiger partial charge is 0.366 e. The molecule has 3 heterocycles. The molecule has 2 aliphatic rings. The minimum absolute atomic E-state index is 0. The van der Waals surface area contributed by atoms with Gasteiger partial charge in [0.1, 0.15) is 11.9 Å². The van der Waals surface area contributed by atoms with Gasteiger partial charge in [-0.15, -0.1) is 24.8 Å². The van der Waals surface area contributed by atoms with Crippen molar-refractivity contribution in [3.63, 3.8) is 0 Å². The molecule has 0 aliphatic carbocycles. The van der Waals surface area contributed by atoms with Gasteiger partial charge in [-0.05, 0) is 44.7 Å². The van der Waals surface area contributed by atoms with E-state index in [4.69, 9.17) is 4.74 Å². The number of aromatic nitrogens is 3. The van der Waals surface area contributed by atoms with Crippen LogP contribution in [0.25, 0.3) is 0 Å². The number of hydrogen-bond acceptors (Lipinski definition) is 5. The lowest BCUT2D eigenvalue weighted by Crippen LogP contribution is -2.43. The van der Waals surface area contributed by atoms with Gasteiger partial charge in [-0.3, -0.25) is 9.89 Å². The molecule has 144 valence electrons. The number of nitrogens with zero attached hydrogens (tertiary/aromatic N) is 3. The summed E-state index contributed by atoms with van der Waals surface area (Å²) in [4.78, 5) is 18.9. The zero-order valence-corrected chi connectivity index (χ0v) is 16.5. The van der Waals surface area contributed by atoms with Crippen LogP contribution < -0.4 is 5.32 Å². The number of nitrogens with one attached hydrogen (secondary N) is 2. The van der Waals surface area contributed by atoms with Crippen molar-refractivity contribution in [2.75, 3.05) is 32.8 Å². The number of hydrogen-bond donors (Lipinski definition) is 2. The van der Waals surface area contributed by atoms with Gasteiger partial charge in [-0.2, -0.15) is 5.10 Å². The fraction of sp³-hybridized carbons (Fsp3) is 0.812. The number of ether oxygens (including phenoxy) is 1. The first-order chi connectivity index (χ1) is 11.1. The molecule has 1 aromatic heterocycles. The Morgan fingerprint density at radius 2 is 2.08 bits per heavy atom. The second-order valence-electron chi connectivity index (χ2n) is 6.75. The van der Waals surface area contributed by atoms with Crippen LogP contribution in [-0.2, 0) is 9.53 Å². The zero-order valence-electron chi connectivity index (χ0n) is 14.9. The van der Waals surface area contributed by atoms with Gasteiger partial charge in [-0.25, -0.2) is 4.98 Å². The zero-order chi connectivity index (χ0) is 16.2. The van der Waals surface area contributed by atoms with E-state index in [0.717, 1.165) is 18.9 Å². The van der Waals surface area contributed by atoms with Crippen molar-refractivity contribution in [1.82, 2.24) is 25.4 Å². The molecular weight excluding hydrogens is 365 g/mol. The van der Waals surface area contributed by atoms with Crippen molar-refractivity contribution in [3.05, 3.63) is 11.6 Å². The van der Waals surface area contributed by atoms with E-state index in [1.54, 1.807) is 0 Å². The molecule has 2 saturated heterocycles. The maximum atomic E-state index is 12.6. The molecule has 0 aromatic carbocycles. The molecule has 1 aromatic rings. The number of rotatable bonds is 4. The topological polar surface area (TPSA) is 83.1 Å². The number of halogens is 2. The number of piperidine rings is 1. The number of carbonyl (C=O) groups excluding carboxylic acids is 1. The minimum atomic E-state index is -0.216. The Hall–Kier alpha value is -0.890. The Labute approximate surface area is 161 Å². The molecule has 25 heavy (non-hydrogen) atoms. The van der Waals surface area contributed by atoms with Gasteiger partial charge in [-0.1, -0.05) is 6.92 Å². The summed E-state index contributed by atoms with van der Waals surface area (Å²) >= 11 is 0. The summed E-state index contributed by atoms with van der Waals surface area (Å²) < 4.78 is 5.73. The number of aryl methyl sites for hydroxylation is 1. The number of carbonyl (C=O) groups is 1. The highest BCUT2D eigenvalue weighted by Gasteiger charge is 2.30. The molecule has 2 N–H and O–H groups in total. The molecule has 7 nitrogen and oxygen atoms in total. The third kappa shape index (κ3) is 5.81. The Morgan fingerprint density at radius 3 is 2.72 bits per heavy atom. The first-order valence-electron chi connectivity index (χ1n) is 8.62. The highest BCUT2D eigenvalue weighted by Crippen LogP contribution is 2.26. The van der Waals surface area contributed by atoms with Gasteiger partial charge < -0.3 is 15.0 Å². The normalized spacial score (nSPS) is 22.6. The van der Waals surface area contributed by atoms with E-state index in [9.17, 15) is 4.79 Å².